The van der Waals surface area contributed by atoms with Gasteiger partial charge in [0.05, 0.1) is 0 Å². The summed E-state index contributed by atoms with van der Waals surface area (Å²) in [5.41, 5.74) is 0.953. The zero-order valence-electron chi connectivity index (χ0n) is 14.6. The molecule has 4 nitrogen and oxygen atoms in total. The topological polar surface area (TPSA) is 49.4 Å². The Bertz CT molecular complexity index is 852. The third-order valence-electron chi connectivity index (χ3n) is 4.73. The first kappa shape index (κ1) is 19.3. The van der Waals surface area contributed by atoms with Gasteiger partial charge >= 0.3 is 0 Å². The summed E-state index contributed by atoms with van der Waals surface area (Å²) in [6.45, 7) is 1.14. The van der Waals surface area contributed by atoms with Crippen molar-refractivity contribution in [2.45, 2.75) is 19.4 Å². The van der Waals surface area contributed by atoms with Crippen molar-refractivity contribution >= 4 is 23.4 Å². The van der Waals surface area contributed by atoms with Crippen molar-refractivity contribution in [2.75, 3.05) is 13.1 Å². The van der Waals surface area contributed by atoms with Gasteiger partial charge in [0, 0.05) is 36.1 Å². The fraction of sp³-hybridized carbons (Fsp3) is 0.300. The van der Waals surface area contributed by atoms with E-state index < -0.39 is 11.6 Å². The molecule has 0 saturated carbocycles. The predicted octanol–water partition coefficient (Wildman–Crippen LogP) is 3.79. The summed E-state index contributed by atoms with van der Waals surface area (Å²) in [6, 6.07) is 10.4. The number of hydrogen-bond donors (Lipinski definition) is 1. The monoisotopic (exact) mass is 392 g/mol. The van der Waals surface area contributed by atoms with Gasteiger partial charge in [-0.1, -0.05) is 29.8 Å². The van der Waals surface area contributed by atoms with Gasteiger partial charge in [-0.2, -0.15) is 0 Å². The van der Waals surface area contributed by atoms with E-state index >= 15 is 0 Å². The summed E-state index contributed by atoms with van der Waals surface area (Å²) in [6.07, 6.45) is 1.04. The Kier molecular flexibility index (Phi) is 6.06. The Labute approximate surface area is 161 Å². The molecule has 0 aliphatic carbocycles. The van der Waals surface area contributed by atoms with Crippen LogP contribution in [0, 0.1) is 17.6 Å². The van der Waals surface area contributed by atoms with Crippen LogP contribution < -0.4 is 5.32 Å². The number of piperidine rings is 1. The van der Waals surface area contributed by atoms with Crippen LogP contribution in [0.4, 0.5) is 8.78 Å². The van der Waals surface area contributed by atoms with Gasteiger partial charge in [0.15, 0.2) is 11.6 Å². The maximum atomic E-state index is 13.3. The molecule has 1 aliphatic heterocycles. The molecular weight excluding hydrogens is 374 g/mol. The highest BCUT2D eigenvalue weighted by atomic mass is 35.5. The lowest BCUT2D eigenvalue weighted by Crippen LogP contribution is -2.43. The summed E-state index contributed by atoms with van der Waals surface area (Å²) in [5, 5.41) is 3.48. The number of carbonyl (C=O) groups excluding carboxylic acids is 2. The summed E-state index contributed by atoms with van der Waals surface area (Å²) < 4.78 is 26.3. The molecule has 0 aromatic heterocycles. The van der Waals surface area contributed by atoms with E-state index in [1.54, 1.807) is 11.0 Å². The first-order valence-corrected chi connectivity index (χ1v) is 9.09. The van der Waals surface area contributed by atoms with Crippen LogP contribution in [0.25, 0.3) is 0 Å². The summed E-state index contributed by atoms with van der Waals surface area (Å²) in [5.74, 6) is -2.66. The highest BCUT2D eigenvalue weighted by molar-refractivity contribution is 6.31. The smallest absolute Gasteiger partial charge is 0.253 e. The fourth-order valence-electron chi connectivity index (χ4n) is 3.12. The molecule has 2 aromatic rings. The lowest BCUT2D eigenvalue weighted by atomic mass is 9.95. The number of carbonyl (C=O) groups is 2. The molecule has 2 amide bonds. The van der Waals surface area contributed by atoms with Crippen molar-refractivity contribution in [3.05, 3.63) is 70.2 Å². The minimum atomic E-state index is -1.05. The van der Waals surface area contributed by atoms with Crippen molar-refractivity contribution in [3.8, 4) is 0 Å². The number of nitrogens with zero attached hydrogens (tertiary/aromatic N) is 1. The van der Waals surface area contributed by atoms with E-state index in [0.717, 1.165) is 17.7 Å². The molecule has 2 aromatic carbocycles. The normalized spacial score (nSPS) is 14.9. The molecule has 1 aliphatic rings. The van der Waals surface area contributed by atoms with E-state index in [2.05, 4.69) is 5.32 Å². The minimum Gasteiger partial charge on any atom is -0.352 e. The molecular formula is C20H19ClF2N2O2. The first-order valence-electron chi connectivity index (χ1n) is 8.71. The Balaban J connectivity index is 1.52. The Morgan fingerprint density at radius 2 is 1.78 bits per heavy atom. The lowest BCUT2D eigenvalue weighted by molar-refractivity contribution is -0.126. The maximum Gasteiger partial charge on any atom is 0.253 e. The van der Waals surface area contributed by atoms with Crippen LogP contribution in [0.1, 0.15) is 28.8 Å². The van der Waals surface area contributed by atoms with Crippen LogP contribution in [-0.4, -0.2) is 29.8 Å². The van der Waals surface area contributed by atoms with Gasteiger partial charge in [0.2, 0.25) is 5.91 Å². The Hall–Kier alpha value is -2.47. The van der Waals surface area contributed by atoms with Crippen LogP contribution >= 0.6 is 11.6 Å². The van der Waals surface area contributed by atoms with Gasteiger partial charge in [0.25, 0.3) is 5.91 Å². The van der Waals surface area contributed by atoms with Crippen LogP contribution in [0.15, 0.2) is 42.5 Å². The third kappa shape index (κ3) is 4.63. The average molecular weight is 393 g/mol. The van der Waals surface area contributed by atoms with Crippen molar-refractivity contribution in [1.29, 1.82) is 0 Å². The predicted molar refractivity (Wildman–Crippen MR) is 98.3 cm³/mol. The van der Waals surface area contributed by atoms with Gasteiger partial charge in [-0.05, 0) is 42.7 Å². The standard InChI is InChI=1S/C20H19ClF2N2O2/c21-16-4-2-1-3-15(16)12-24-19(26)13-7-9-25(10-8-13)20(27)14-5-6-17(22)18(23)11-14/h1-6,11,13H,7-10,12H2,(H,24,26). The molecule has 0 spiro atoms. The Morgan fingerprint density at radius 3 is 2.44 bits per heavy atom. The number of nitrogens with one attached hydrogen (secondary N) is 1. The molecule has 142 valence electrons. The second-order valence-corrected chi connectivity index (χ2v) is 6.91. The lowest BCUT2D eigenvalue weighted by Gasteiger charge is -2.31. The molecule has 27 heavy (non-hydrogen) atoms. The van der Waals surface area contributed by atoms with E-state index in [4.69, 9.17) is 11.6 Å². The highest BCUT2D eigenvalue weighted by Gasteiger charge is 2.28. The largest absolute Gasteiger partial charge is 0.352 e. The van der Waals surface area contributed by atoms with E-state index in [0.29, 0.717) is 37.5 Å². The van der Waals surface area contributed by atoms with Gasteiger partial charge < -0.3 is 10.2 Å². The van der Waals surface area contributed by atoms with E-state index in [-0.39, 0.29) is 23.3 Å². The maximum absolute atomic E-state index is 13.3. The van der Waals surface area contributed by atoms with Crippen LogP contribution in [0.2, 0.25) is 5.02 Å². The molecule has 0 unspecified atom stereocenters. The van der Waals surface area contributed by atoms with Crippen LogP contribution in [0.3, 0.4) is 0 Å². The zero-order chi connectivity index (χ0) is 19.4. The van der Waals surface area contributed by atoms with Gasteiger partial charge in [-0.15, -0.1) is 0 Å². The second-order valence-electron chi connectivity index (χ2n) is 6.50. The quantitative estimate of drug-likeness (QED) is 0.860. The zero-order valence-corrected chi connectivity index (χ0v) is 15.3. The first-order chi connectivity index (χ1) is 13.0. The van der Waals surface area contributed by atoms with Crippen molar-refractivity contribution in [3.63, 3.8) is 0 Å². The van der Waals surface area contributed by atoms with E-state index in [9.17, 15) is 18.4 Å². The van der Waals surface area contributed by atoms with Gasteiger partial charge in [0.1, 0.15) is 0 Å². The minimum absolute atomic E-state index is 0.0742. The van der Waals surface area contributed by atoms with Crippen molar-refractivity contribution in [1.82, 2.24) is 10.2 Å². The summed E-state index contributed by atoms with van der Waals surface area (Å²) >= 11 is 6.08. The number of halogens is 3. The number of amides is 2. The number of hydrogen-bond acceptors (Lipinski definition) is 2. The fourth-order valence-corrected chi connectivity index (χ4v) is 3.33. The highest BCUT2D eigenvalue weighted by Crippen LogP contribution is 2.21. The molecule has 1 heterocycles. The molecule has 0 atom stereocenters. The molecule has 1 fully saturated rings. The number of likely N-dealkylation sites (tertiary alicyclic amines) is 1. The Morgan fingerprint density at radius 1 is 1.07 bits per heavy atom. The number of benzene rings is 2. The van der Waals surface area contributed by atoms with Crippen molar-refractivity contribution < 1.29 is 18.4 Å². The van der Waals surface area contributed by atoms with E-state index in [1.165, 1.54) is 6.07 Å². The molecule has 0 bridgehead atoms. The molecule has 0 radical (unpaired) electrons. The van der Waals surface area contributed by atoms with Crippen LogP contribution in [-0.2, 0) is 11.3 Å². The summed E-state index contributed by atoms with van der Waals surface area (Å²) in [4.78, 5) is 26.3. The van der Waals surface area contributed by atoms with E-state index in [1.807, 2.05) is 18.2 Å². The average Bonchev–Trinajstić information content (AvgIpc) is 2.69. The molecule has 3 rings (SSSR count). The SMILES string of the molecule is O=C(NCc1ccccc1Cl)C1CCN(C(=O)c2ccc(F)c(F)c2)CC1. The molecule has 7 heteroatoms. The number of rotatable bonds is 4. The molecule has 1 saturated heterocycles. The summed E-state index contributed by atoms with van der Waals surface area (Å²) in [7, 11) is 0. The van der Waals surface area contributed by atoms with Crippen LogP contribution in [0.5, 0.6) is 0 Å². The molecule has 1 N–H and O–H groups in total. The second kappa shape index (κ2) is 8.48. The van der Waals surface area contributed by atoms with Gasteiger partial charge in [-0.25, -0.2) is 8.78 Å². The third-order valence-corrected chi connectivity index (χ3v) is 5.10. The van der Waals surface area contributed by atoms with Crippen molar-refractivity contribution in [2.24, 2.45) is 5.92 Å². The van der Waals surface area contributed by atoms with Gasteiger partial charge in [-0.3, -0.25) is 9.59 Å².